The summed E-state index contributed by atoms with van der Waals surface area (Å²) in [5.74, 6) is 6.77. The molecule has 2 atom stereocenters. The van der Waals surface area contributed by atoms with E-state index < -0.39 is 16.1 Å². The Morgan fingerprint density at radius 3 is 2.40 bits per heavy atom. The molecule has 0 aliphatic carbocycles. The number of ether oxygens (including phenoxy) is 1. The summed E-state index contributed by atoms with van der Waals surface area (Å²) in [6.45, 7) is 4.96. The first kappa shape index (κ1) is 28.4. The Kier molecular flexibility index (Phi) is 9.22. The molecule has 0 saturated carbocycles. The Hall–Kier alpha value is -3.17. The number of nitrogens with zero attached hydrogens (tertiary/aromatic N) is 2. The molecule has 10 heteroatoms. The van der Waals surface area contributed by atoms with Crippen molar-refractivity contribution in [2.45, 2.75) is 31.3 Å². The SMILES string of the molecule is O=c1[nH]cnc(C[C@@H](CN[C@@H]2CCS(O)(O)C2)c2ccc(C#Cc3ccc(CN4CCOCC4)cc3)cc2)c1O. The van der Waals surface area contributed by atoms with Crippen LogP contribution in [0.3, 0.4) is 0 Å². The fraction of sp³-hybridized carbons (Fsp3) is 0.400. The van der Waals surface area contributed by atoms with Gasteiger partial charge < -0.3 is 20.1 Å². The molecule has 1 aromatic heterocycles. The zero-order valence-electron chi connectivity index (χ0n) is 22.4. The molecule has 40 heavy (non-hydrogen) atoms. The number of morpholine rings is 1. The van der Waals surface area contributed by atoms with Gasteiger partial charge >= 0.3 is 0 Å². The second kappa shape index (κ2) is 13.0. The van der Waals surface area contributed by atoms with Crippen molar-refractivity contribution in [2.75, 3.05) is 44.4 Å². The van der Waals surface area contributed by atoms with Gasteiger partial charge in [0.1, 0.15) is 0 Å². The summed E-state index contributed by atoms with van der Waals surface area (Å²) in [7, 11) is -2.51. The highest BCUT2D eigenvalue weighted by molar-refractivity contribution is 8.24. The van der Waals surface area contributed by atoms with Gasteiger partial charge in [-0.05, 0) is 41.8 Å². The van der Waals surface area contributed by atoms with E-state index in [2.05, 4.69) is 56.3 Å². The summed E-state index contributed by atoms with van der Waals surface area (Å²) >= 11 is 0. The quantitative estimate of drug-likeness (QED) is 0.264. The van der Waals surface area contributed by atoms with Crippen LogP contribution in [0.1, 0.15) is 40.3 Å². The largest absolute Gasteiger partial charge is 0.502 e. The zero-order valence-corrected chi connectivity index (χ0v) is 23.2. The number of aromatic hydroxyl groups is 1. The molecule has 0 unspecified atom stereocenters. The summed E-state index contributed by atoms with van der Waals surface area (Å²) in [6.07, 6.45) is 2.35. The summed E-state index contributed by atoms with van der Waals surface area (Å²) in [5.41, 5.74) is 3.87. The molecule has 5 N–H and O–H groups in total. The number of nitrogens with one attached hydrogen (secondary N) is 2. The highest BCUT2D eigenvalue weighted by Gasteiger charge is 2.29. The van der Waals surface area contributed by atoms with Gasteiger partial charge in [-0.25, -0.2) is 4.98 Å². The lowest BCUT2D eigenvalue weighted by molar-refractivity contribution is 0.0342. The molecule has 2 saturated heterocycles. The highest BCUT2D eigenvalue weighted by Crippen LogP contribution is 2.45. The minimum absolute atomic E-state index is 0.0126. The molecule has 212 valence electrons. The maximum Gasteiger partial charge on any atom is 0.293 e. The van der Waals surface area contributed by atoms with E-state index in [1.54, 1.807) is 0 Å². The molecule has 3 aromatic rings. The number of aromatic amines is 1. The molecule has 5 rings (SSSR count). The minimum Gasteiger partial charge on any atom is -0.502 e. The molecule has 9 nitrogen and oxygen atoms in total. The van der Waals surface area contributed by atoms with Gasteiger partial charge in [0.25, 0.3) is 5.56 Å². The highest BCUT2D eigenvalue weighted by atomic mass is 32.3. The van der Waals surface area contributed by atoms with E-state index in [9.17, 15) is 19.0 Å². The second-order valence-corrected chi connectivity index (χ2v) is 12.8. The van der Waals surface area contributed by atoms with Crippen molar-refractivity contribution >= 4 is 10.6 Å². The van der Waals surface area contributed by atoms with Crippen molar-refractivity contribution in [1.29, 1.82) is 0 Å². The third kappa shape index (κ3) is 7.73. The van der Waals surface area contributed by atoms with Crippen molar-refractivity contribution in [2.24, 2.45) is 0 Å². The van der Waals surface area contributed by atoms with E-state index in [0.717, 1.165) is 49.5 Å². The molecule has 2 aromatic carbocycles. The first-order valence-electron chi connectivity index (χ1n) is 13.6. The molecule has 2 aliphatic heterocycles. The first-order valence-corrected chi connectivity index (χ1v) is 15.5. The Balaban J connectivity index is 1.25. The molecule has 3 heterocycles. The summed E-state index contributed by atoms with van der Waals surface area (Å²) in [5, 5.41) is 13.7. The van der Waals surface area contributed by atoms with Crippen LogP contribution in [0.15, 0.2) is 59.7 Å². The summed E-state index contributed by atoms with van der Waals surface area (Å²) < 4.78 is 25.4. The minimum atomic E-state index is -2.51. The number of benzene rings is 2. The second-order valence-electron chi connectivity index (χ2n) is 10.5. The van der Waals surface area contributed by atoms with E-state index >= 15 is 0 Å². The van der Waals surface area contributed by atoms with Crippen molar-refractivity contribution in [3.05, 3.63) is 93.2 Å². The number of aromatic nitrogens is 2. The fourth-order valence-corrected chi connectivity index (χ4v) is 6.86. The maximum atomic E-state index is 11.9. The molecule has 2 fully saturated rings. The molecule has 0 radical (unpaired) electrons. The van der Waals surface area contributed by atoms with Crippen molar-refractivity contribution < 1.29 is 18.9 Å². The number of rotatable bonds is 8. The fourth-order valence-electron chi connectivity index (χ4n) is 5.10. The molecule has 0 spiro atoms. The lowest BCUT2D eigenvalue weighted by atomic mass is 9.92. The van der Waals surface area contributed by atoms with Crippen LogP contribution in [-0.4, -0.2) is 79.5 Å². The number of hydrogen-bond acceptors (Lipinski definition) is 8. The lowest BCUT2D eigenvalue weighted by Gasteiger charge is -2.26. The van der Waals surface area contributed by atoms with Crippen LogP contribution in [0.5, 0.6) is 5.75 Å². The maximum absolute atomic E-state index is 11.9. The van der Waals surface area contributed by atoms with Crippen LogP contribution in [0.4, 0.5) is 0 Å². The van der Waals surface area contributed by atoms with Gasteiger partial charge in [-0.2, -0.15) is 10.6 Å². The average Bonchev–Trinajstić information content (AvgIpc) is 3.32. The van der Waals surface area contributed by atoms with Crippen molar-refractivity contribution in [3.63, 3.8) is 0 Å². The van der Waals surface area contributed by atoms with Crippen LogP contribution < -0.4 is 10.9 Å². The summed E-state index contributed by atoms with van der Waals surface area (Å²) in [6, 6.07) is 16.3. The van der Waals surface area contributed by atoms with Crippen LogP contribution in [-0.2, 0) is 17.7 Å². The Bertz CT molecular complexity index is 1390. The van der Waals surface area contributed by atoms with Crippen LogP contribution in [0, 0.1) is 11.8 Å². The normalized spacial score (nSPS) is 20.4. The van der Waals surface area contributed by atoms with Gasteiger partial charge in [-0.3, -0.25) is 18.8 Å². The number of H-pyrrole nitrogens is 1. The molecular weight excluding hydrogens is 528 g/mol. The summed E-state index contributed by atoms with van der Waals surface area (Å²) in [4.78, 5) is 20.9. The third-order valence-electron chi connectivity index (χ3n) is 7.46. The molecular formula is C30H36N4O5S. The molecule has 2 aliphatic rings. The zero-order chi connectivity index (χ0) is 28.0. The Morgan fingerprint density at radius 2 is 1.75 bits per heavy atom. The van der Waals surface area contributed by atoms with Gasteiger partial charge in [0.15, 0.2) is 0 Å². The van der Waals surface area contributed by atoms with E-state index in [1.807, 2.05) is 24.3 Å². The van der Waals surface area contributed by atoms with E-state index in [-0.39, 0.29) is 17.7 Å². The monoisotopic (exact) mass is 564 g/mol. The van der Waals surface area contributed by atoms with Gasteiger partial charge in [0, 0.05) is 61.4 Å². The smallest absolute Gasteiger partial charge is 0.293 e. The topological polar surface area (TPSA) is 131 Å². The van der Waals surface area contributed by atoms with Crippen molar-refractivity contribution in [3.8, 4) is 17.6 Å². The Morgan fingerprint density at radius 1 is 1.07 bits per heavy atom. The Labute approximate surface area is 236 Å². The van der Waals surface area contributed by atoms with Gasteiger partial charge in [-0.15, -0.1) is 0 Å². The van der Waals surface area contributed by atoms with Gasteiger partial charge in [0.2, 0.25) is 5.75 Å². The van der Waals surface area contributed by atoms with Crippen LogP contribution in [0.25, 0.3) is 0 Å². The van der Waals surface area contributed by atoms with E-state index in [0.29, 0.717) is 36.6 Å². The lowest BCUT2D eigenvalue weighted by Crippen LogP contribution is -2.35. The molecule has 0 amide bonds. The van der Waals surface area contributed by atoms with Gasteiger partial charge in [0.05, 0.1) is 31.0 Å². The predicted octanol–water partition coefficient (Wildman–Crippen LogP) is 3.15. The van der Waals surface area contributed by atoms with Crippen LogP contribution >= 0.6 is 10.6 Å². The van der Waals surface area contributed by atoms with Crippen LogP contribution in [0.2, 0.25) is 0 Å². The van der Waals surface area contributed by atoms with Crippen molar-refractivity contribution in [1.82, 2.24) is 20.2 Å². The van der Waals surface area contributed by atoms with E-state index in [1.165, 1.54) is 11.9 Å². The van der Waals surface area contributed by atoms with E-state index in [4.69, 9.17) is 4.74 Å². The standard InChI is InChI=1S/C30H36N4O5S/c35-29-28(32-21-33-30(29)36)17-26(18-31-27-11-16-40(37,38)20-27)25-9-7-23(8-10-25)2-1-22-3-5-24(6-4-22)19-34-12-14-39-15-13-34/h3-10,21,26-27,31,35,37-38H,11-20H2,(H,32,33,36)/t26-,27+/m0/s1. The third-order valence-corrected chi connectivity index (χ3v) is 9.28. The average molecular weight is 565 g/mol. The first-order chi connectivity index (χ1) is 19.3. The predicted molar refractivity (Wildman–Crippen MR) is 157 cm³/mol. The number of hydrogen-bond donors (Lipinski definition) is 5. The molecule has 0 bridgehead atoms. The van der Waals surface area contributed by atoms with Gasteiger partial charge in [-0.1, -0.05) is 36.1 Å².